The molecule has 0 spiro atoms. The number of carbonyl (C=O) groups is 2. The molecule has 1 unspecified atom stereocenters. The number of hydrogen-bond donors (Lipinski definition) is 1. The summed E-state index contributed by atoms with van der Waals surface area (Å²) in [5.74, 6) is -0.818. The highest BCUT2D eigenvalue weighted by atomic mass is 35.5. The smallest absolute Gasteiger partial charge is 0.229 e. The highest BCUT2D eigenvalue weighted by Crippen LogP contribution is 2.31. The van der Waals surface area contributed by atoms with Crippen LogP contribution in [0.3, 0.4) is 0 Å². The molecule has 24 heavy (non-hydrogen) atoms. The molecule has 1 fully saturated rings. The Hall–Kier alpha value is -1.75. The first-order valence-electron chi connectivity index (χ1n) is 7.26. The van der Waals surface area contributed by atoms with E-state index in [-0.39, 0.29) is 23.3 Å². The van der Waals surface area contributed by atoms with Crippen LogP contribution in [0, 0.1) is 5.92 Å². The van der Waals surface area contributed by atoms with Crippen LogP contribution in [0.5, 0.6) is 0 Å². The summed E-state index contributed by atoms with van der Waals surface area (Å²) >= 11 is 17.9. The molecule has 0 saturated carbocycles. The van der Waals surface area contributed by atoms with E-state index in [1.165, 1.54) is 0 Å². The average molecular weight is 384 g/mol. The molecule has 1 heterocycles. The summed E-state index contributed by atoms with van der Waals surface area (Å²) < 4.78 is 0. The quantitative estimate of drug-likeness (QED) is 0.839. The molecule has 0 bridgehead atoms. The Morgan fingerprint density at radius 1 is 1.08 bits per heavy atom. The number of anilines is 2. The predicted molar refractivity (Wildman–Crippen MR) is 97.0 cm³/mol. The molecule has 1 aliphatic rings. The first-order valence-corrected chi connectivity index (χ1v) is 8.40. The van der Waals surface area contributed by atoms with Crippen molar-refractivity contribution in [2.24, 2.45) is 5.92 Å². The number of amides is 2. The fourth-order valence-corrected chi connectivity index (χ4v) is 3.06. The first kappa shape index (κ1) is 17.1. The van der Waals surface area contributed by atoms with Gasteiger partial charge >= 0.3 is 0 Å². The molecule has 3 rings (SSSR count). The highest BCUT2D eigenvalue weighted by Gasteiger charge is 2.35. The minimum absolute atomic E-state index is 0.102. The second kappa shape index (κ2) is 7.01. The zero-order valence-electron chi connectivity index (χ0n) is 12.4. The van der Waals surface area contributed by atoms with Gasteiger partial charge in [-0.05, 0) is 36.4 Å². The standard InChI is InChI=1S/C17H13Cl3N2O2/c18-11-4-6-12(7-5-11)22-9-10(8-15(22)23)17(24)21-14-3-1-2-13(19)16(14)20/h1-7,10H,8-9H2,(H,21,24). The van der Waals surface area contributed by atoms with Crippen molar-refractivity contribution in [1.82, 2.24) is 0 Å². The Morgan fingerprint density at radius 2 is 1.79 bits per heavy atom. The van der Waals surface area contributed by atoms with Gasteiger partial charge in [0.2, 0.25) is 11.8 Å². The number of halogens is 3. The van der Waals surface area contributed by atoms with E-state index in [1.54, 1.807) is 47.4 Å². The van der Waals surface area contributed by atoms with Crippen molar-refractivity contribution in [2.45, 2.75) is 6.42 Å². The maximum atomic E-state index is 12.4. The molecular weight excluding hydrogens is 371 g/mol. The predicted octanol–water partition coefficient (Wildman–Crippen LogP) is 4.64. The van der Waals surface area contributed by atoms with Crippen LogP contribution in [-0.4, -0.2) is 18.4 Å². The fraction of sp³-hybridized carbons (Fsp3) is 0.176. The molecule has 0 aliphatic carbocycles. The van der Waals surface area contributed by atoms with Gasteiger partial charge < -0.3 is 10.2 Å². The van der Waals surface area contributed by atoms with Gasteiger partial charge in [-0.25, -0.2) is 0 Å². The molecule has 1 N–H and O–H groups in total. The van der Waals surface area contributed by atoms with Crippen molar-refractivity contribution in [3.8, 4) is 0 Å². The maximum Gasteiger partial charge on any atom is 0.229 e. The normalized spacial score (nSPS) is 17.2. The van der Waals surface area contributed by atoms with Crippen molar-refractivity contribution in [1.29, 1.82) is 0 Å². The third-order valence-electron chi connectivity index (χ3n) is 3.84. The molecule has 1 saturated heterocycles. The van der Waals surface area contributed by atoms with Crippen LogP contribution < -0.4 is 10.2 Å². The Kier molecular flexibility index (Phi) is 4.99. The van der Waals surface area contributed by atoms with Gasteiger partial charge in [-0.15, -0.1) is 0 Å². The highest BCUT2D eigenvalue weighted by molar-refractivity contribution is 6.44. The lowest BCUT2D eigenvalue weighted by atomic mass is 10.1. The van der Waals surface area contributed by atoms with Gasteiger partial charge in [0.25, 0.3) is 0 Å². The number of nitrogens with one attached hydrogen (secondary N) is 1. The first-order chi connectivity index (χ1) is 11.5. The van der Waals surface area contributed by atoms with E-state index in [2.05, 4.69) is 5.32 Å². The Bertz CT molecular complexity index is 793. The van der Waals surface area contributed by atoms with Crippen LogP contribution in [0.1, 0.15) is 6.42 Å². The van der Waals surface area contributed by atoms with E-state index >= 15 is 0 Å². The molecule has 0 radical (unpaired) electrons. The number of carbonyl (C=O) groups excluding carboxylic acids is 2. The van der Waals surface area contributed by atoms with Crippen molar-refractivity contribution >= 4 is 58.0 Å². The van der Waals surface area contributed by atoms with E-state index in [0.717, 1.165) is 5.69 Å². The molecule has 2 amide bonds. The van der Waals surface area contributed by atoms with Gasteiger partial charge in [0.1, 0.15) is 0 Å². The zero-order chi connectivity index (χ0) is 17.3. The summed E-state index contributed by atoms with van der Waals surface area (Å²) in [4.78, 5) is 26.2. The summed E-state index contributed by atoms with van der Waals surface area (Å²) in [5.41, 5.74) is 1.16. The van der Waals surface area contributed by atoms with E-state index in [0.29, 0.717) is 22.3 Å². The Morgan fingerprint density at radius 3 is 2.50 bits per heavy atom. The SMILES string of the molecule is O=C(Nc1cccc(Cl)c1Cl)C1CC(=O)N(c2ccc(Cl)cc2)C1. The zero-order valence-corrected chi connectivity index (χ0v) is 14.7. The second-order valence-electron chi connectivity index (χ2n) is 5.47. The van der Waals surface area contributed by atoms with E-state index in [4.69, 9.17) is 34.8 Å². The molecule has 7 heteroatoms. The van der Waals surface area contributed by atoms with Gasteiger partial charge in [-0.3, -0.25) is 9.59 Å². The summed E-state index contributed by atoms with van der Waals surface area (Å²) in [7, 11) is 0. The van der Waals surface area contributed by atoms with Crippen LogP contribution in [-0.2, 0) is 9.59 Å². The Balaban J connectivity index is 1.72. The molecule has 4 nitrogen and oxygen atoms in total. The third kappa shape index (κ3) is 3.51. The number of benzene rings is 2. The number of hydrogen-bond acceptors (Lipinski definition) is 2. The van der Waals surface area contributed by atoms with Crippen LogP contribution in [0.2, 0.25) is 15.1 Å². The average Bonchev–Trinajstić information content (AvgIpc) is 2.94. The molecule has 1 atom stereocenters. The monoisotopic (exact) mass is 382 g/mol. The van der Waals surface area contributed by atoms with Crippen molar-refractivity contribution in [2.75, 3.05) is 16.8 Å². The largest absolute Gasteiger partial charge is 0.324 e. The van der Waals surface area contributed by atoms with Gasteiger partial charge in [-0.2, -0.15) is 0 Å². The van der Waals surface area contributed by atoms with Crippen LogP contribution in [0.25, 0.3) is 0 Å². The van der Waals surface area contributed by atoms with Crippen LogP contribution >= 0.6 is 34.8 Å². The summed E-state index contributed by atoms with van der Waals surface area (Å²) in [6.45, 7) is 0.310. The third-order valence-corrected chi connectivity index (χ3v) is 4.91. The van der Waals surface area contributed by atoms with Gasteiger partial charge in [0.15, 0.2) is 0 Å². The van der Waals surface area contributed by atoms with E-state index in [1.807, 2.05) is 0 Å². The summed E-state index contributed by atoms with van der Waals surface area (Å²) in [5, 5.41) is 3.98. The molecule has 1 aliphatic heterocycles. The van der Waals surface area contributed by atoms with E-state index < -0.39 is 5.92 Å². The summed E-state index contributed by atoms with van der Waals surface area (Å²) in [6.07, 6.45) is 0.145. The van der Waals surface area contributed by atoms with E-state index in [9.17, 15) is 9.59 Å². The Labute approximate surface area is 154 Å². The van der Waals surface area contributed by atoms with Crippen LogP contribution in [0.15, 0.2) is 42.5 Å². The lowest BCUT2D eigenvalue weighted by Crippen LogP contribution is -2.28. The van der Waals surface area contributed by atoms with Crippen molar-refractivity contribution in [3.63, 3.8) is 0 Å². The maximum absolute atomic E-state index is 12.4. The minimum Gasteiger partial charge on any atom is -0.324 e. The minimum atomic E-state index is -0.455. The molecule has 2 aromatic rings. The lowest BCUT2D eigenvalue weighted by Gasteiger charge is -2.17. The summed E-state index contributed by atoms with van der Waals surface area (Å²) in [6, 6.07) is 11.9. The molecule has 124 valence electrons. The van der Waals surface area contributed by atoms with Gasteiger partial charge in [0.05, 0.1) is 21.7 Å². The lowest BCUT2D eigenvalue weighted by molar-refractivity contribution is -0.122. The van der Waals surface area contributed by atoms with Gasteiger partial charge in [-0.1, -0.05) is 40.9 Å². The van der Waals surface area contributed by atoms with Gasteiger partial charge in [0, 0.05) is 23.7 Å². The molecule has 0 aromatic heterocycles. The number of nitrogens with zero attached hydrogens (tertiary/aromatic N) is 1. The van der Waals surface area contributed by atoms with Crippen molar-refractivity contribution in [3.05, 3.63) is 57.5 Å². The fourth-order valence-electron chi connectivity index (χ4n) is 2.59. The molecule has 2 aromatic carbocycles. The topological polar surface area (TPSA) is 49.4 Å². The van der Waals surface area contributed by atoms with Crippen molar-refractivity contribution < 1.29 is 9.59 Å². The number of rotatable bonds is 3. The van der Waals surface area contributed by atoms with Crippen LogP contribution in [0.4, 0.5) is 11.4 Å². The second-order valence-corrected chi connectivity index (χ2v) is 6.69. The molecular formula is C17H13Cl3N2O2.